The summed E-state index contributed by atoms with van der Waals surface area (Å²) in [7, 11) is 0. The van der Waals surface area contributed by atoms with Crippen LogP contribution in [0.1, 0.15) is 13.8 Å². The Labute approximate surface area is 99.8 Å². The first-order valence-corrected chi connectivity index (χ1v) is 5.39. The summed E-state index contributed by atoms with van der Waals surface area (Å²) in [6, 6.07) is 4.57. The second-order valence-corrected chi connectivity index (χ2v) is 4.25. The summed E-state index contributed by atoms with van der Waals surface area (Å²) < 4.78 is 18.9. The normalized spacial score (nSPS) is 10.2. The number of nitrogens with two attached hydrogens (primary N) is 1. The molecule has 0 aliphatic carbocycles. The minimum absolute atomic E-state index is 0.0833. The first kappa shape index (κ1) is 12.7. The molecule has 0 atom stereocenters. The number of hydrogen-bond donors (Lipinski definition) is 2. The molecule has 0 saturated carbocycles. The number of benzene rings is 1. The summed E-state index contributed by atoms with van der Waals surface area (Å²) >= 11 is 4.70. The van der Waals surface area contributed by atoms with Gasteiger partial charge in [-0.2, -0.15) is 0 Å². The van der Waals surface area contributed by atoms with Crippen LogP contribution in [0.4, 0.5) is 10.1 Å². The highest BCUT2D eigenvalue weighted by atomic mass is 32.1. The third-order valence-corrected chi connectivity index (χ3v) is 1.89. The van der Waals surface area contributed by atoms with E-state index >= 15 is 0 Å². The molecule has 1 aromatic rings. The van der Waals surface area contributed by atoms with Crippen molar-refractivity contribution in [2.24, 2.45) is 11.7 Å². The summed E-state index contributed by atoms with van der Waals surface area (Å²) in [6.07, 6.45) is 0. The summed E-state index contributed by atoms with van der Waals surface area (Å²) in [5, 5.41) is 2.77. The number of para-hydroxylation sites is 1. The zero-order chi connectivity index (χ0) is 12.1. The Hall–Kier alpha value is -1.36. The van der Waals surface area contributed by atoms with Crippen LogP contribution < -0.4 is 15.8 Å². The highest BCUT2D eigenvalue weighted by molar-refractivity contribution is 7.80. The third kappa shape index (κ3) is 3.66. The predicted octanol–water partition coefficient (Wildman–Crippen LogP) is 2.52. The van der Waals surface area contributed by atoms with Gasteiger partial charge in [-0.25, -0.2) is 4.39 Å². The topological polar surface area (TPSA) is 47.3 Å². The van der Waals surface area contributed by atoms with Crippen LogP contribution in [0.2, 0.25) is 0 Å². The van der Waals surface area contributed by atoms with Crippen LogP contribution in [0.5, 0.6) is 5.75 Å². The van der Waals surface area contributed by atoms with E-state index in [9.17, 15) is 4.39 Å². The number of halogens is 1. The molecule has 5 heteroatoms. The fourth-order valence-electron chi connectivity index (χ4n) is 1.14. The number of hydrogen-bond acceptors (Lipinski definition) is 2. The maximum Gasteiger partial charge on any atom is 0.178 e. The zero-order valence-corrected chi connectivity index (χ0v) is 10.1. The Bertz CT molecular complexity index is 382. The molecule has 0 bridgehead atoms. The average molecular weight is 242 g/mol. The molecule has 0 heterocycles. The molecule has 0 saturated heterocycles. The van der Waals surface area contributed by atoms with Crippen molar-refractivity contribution in [2.75, 3.05) is 11.9 Å². The number of thiocarbonyl (C=S) groups is 1. The quantitative estimate of drug-likeness (QED) is 0.796. The lowest BCUT2D eigenvalue weighted by atomic mass is 10.2. The predicted molar refractivity (Wildman–Crippen MR) is 67.1 cm³/mol. The van der Waals surface area contributed by atoms with Crippen molar-refractivity contribution in [3.05, 3.63) is 24.0 Å². The van der Waals surface area contributed by atoms with Crippen molar-refractivity contribution in [3.8, 4) is 5.75 Å². The zero-order valence-electron chi connectivity index (χ0n) is 9.29. The Balaban J connectivity index is 2.89. The molecule has 0 spiro atoms. The highest BCUT2D eigenvalue weighted by Crippen LogP contribution is 2.27. The van der Waals surface area contributed by atoms with Crippen LogP contribution in [0.15, 0.2) is 18.2 Å². The monoisotopic (exact) mass is 242 g/mol. The van der Waals surface area contributed by atoms with Gasteiger partial charge in [-0.3, -0.25) is 0 Å². The molecule has 0 aliphatic heterocycles. The smallest absolute Gasteiger partial charge is 0.178 e. The van der Waals surface area contributed by atoms with Gasteiger partial charge in [0.25, 0.3) is 0 Å². The fraction of sp³-hybridized carbons (Fsp3) is 0.364. The second kappa shape index (κ2) is 5.65. The van der Waals surface area contributed by atoms with Crippen LogP contribution in [0.25, 0.3) is 0 Å². The second-order valence-electron chi connectivity index (χ2n) is 3.81. The van der Waals surface area contributed by atoms with E-state index in [-0.39, 0.29) is 10.9 Å². The van der Waals surface area contributed by atoms with E-state index in [0.29, 0.717) is 18.2 Å². The Morgan fingerprint density at radius 1 is 1.56 bits per heavy atom. The first-order valence-electron chi connectivity index (χ1n) is 4.98. The molecule has 1 rings (SSSR count). The molecule has 0 fully saturated rings. The van der Waals surface area contributed by atoms with Crippen molar-refractivity contribution in [1.29, 1.82) is 0 Å². The maximum absolute atomic E-state index is 13.5. The van der Waals surface area contributed by atoms with Crippen LogP contribution >= 0.6 is 12.2 Å². The van der Waals surface area contributed by atoms with Gasteiger partial charge in [0.2, 0.25) is 0 Å². The fourth-order valence-corrected chi connectivity index (χ4v) is 1.25. The van der Waals surface area contributed by atoms with Crippen LogP contribution in [0, 0.1) is 11.7 Å². The van der Waals surface area contributed by atoms with Crippen LogP contribution in [-0.4, -0.2) is 11.7 Å². The van der Waals surface area contributed by atoms with Gasteiger partial charge in [-0.1, -0.05) is 19.9 Å². The number of rotatable bonds is 4. The van der Waals surface area contributed by atoms with E-state index in [2.05, 4.69) is 5.32 Å². The molecule has 1 aromatic carbocycles. The highest BCUT2D eigenvalue weighted by Gasteiger charge is 2.10. The number of nitrogens with one attached hydrogen (secondary N) is 1. The van der Waals surface area contributed by atoms with E-state index in [1.54, 1.807) is 12.1 Å². The Kier molecular flexibility index (Phi) is 4.49. The minimum atomic E-state index is -0.429. The average Bonchev–Trinajstić information content (AvgIpc) is 2.15. The van der Waals surface area contributed by atoms with Gasteiger partial charge in [0, 0.05) is 0 Å². The van der Waals surface area contributed by atoms with Gasteiger partial charge in [-0.15, -0.1) is 0 Å². The molecule has 16 heavy (non-hydrogen) atoms. The van der Waals surface area contributed by atoms with Gasteiger partial charge in [0.15, 0.2) is 16.7 Å². The molecule has 3 N–H and O–H groups in total. The van der Waals surface area contributed by atoms with Gasteiger partial charge >= 0.3 is 0 Å². The molecule has 3 nitrogen and oxygen atoms in total. The minimum Gasteiger partial charge on any atom is -0.488 e. The van der Waals surface area contributed by atoms with E-state index in [0.717, 1.165) is 0 Å². The van der Waals surface area contributed by atoms with Crippen molar-refractivity contribution in [1.82, 2.24) is 0 Å². The lowest BCUT2D eigenvalue weighted by Gasteiger charge is -2.14. The van der Waals surface area contributed by atoms with E-state index in [1.165, 1.54) is 6.07 Å². The van der Waals surface area contributed by atoms with E-state index < -0.39 is 5.82 Å². The molecule has 0 unspecified atom stereocenters. The lowest BCUT2D eigenvalue weighted by Crippen LogP contribution is -2.20. The van der Waals surface area contributed by atoms with Gasteiger partial charge < -0.3 is 15.8 Å². The summed E-state index contributed by atoms with van der Waals surface area (Å²) in [5.41, 5.74) is 5.79. The largest absolute Gasteiger partial charge is 0.488 e. The van der Waals surface area contributed by atoms with Crippen molar-refractivity contribution in [2.45, 2.75) is 13.8 Å². The molecule has 88 valence electrons. The van der Waals surface area contributed by atoms with Crippen LogP contribution in [-0.2, 0) is 0 Å². The Morgan fingerprint density at radius 3 is 2.81 bits per heavy atom. The van der Waals surface area contributed by atoms with E-state index in [4.69, 9.17) is 22.7 Å². The van der Waals surface area contributed by atoms with Crippen molar-refractivity contribution in [3.63, 3.8) is 0 Å². The number of ether oxygens (including phenoxy) is 1. The maximum atomic E-state index is 13.5. The standard InChI is InChI=1S/C11H15FN2OS/c1-7(2)6-15-10-8(12)4-3-5-9(10)14-11(13)16/h3-5,7H,6H2,1-2H3,(H3,13,14,16). The van der Waals surface area contributed by atoms with Crippen LogP contribution in [0.3, 0.4) is 0 Å². The molecule has 0 aromatic heterocycles. The molecular formula is C11H15FN2OS. The molecule has 0 aliphatic rings. The van der Waals surface area contributed by atoms with Gasteiger partial charge in [0.1, 0.15) is 0 Å². The third-order valence-electron chi connectivity index (χ3n) is 1.79. The summed E-state index contributed by atoms with van der Waals surface area (Å²) in [5.74, 6) is 0.0446. The Morgan fingerprint density at radius 2 is 2.25 bits per heavy atom. The van der Waals surface area contributed by atoms with E-state index in [1.807, 2.05) is 13.8 Å². The van der Waals surface area contributed by atoms with Gasteiger partial charge in [-0.05, 0) is 30.3 Å². The summed E-state index contributed by atoms with van der Waals surface area (Å²) in [4.78, 5) is 0. The molecule has 0 radical (unpaired) electrons. The molecule has 0 amide bonds. The molecular weight excluding hydrogens is 227 g/mol. The van der Waals surface area contributed by atoms with Crippen molar-refractivity contribution >= 4 is 23.0 Å². The van der Waals surface area contributed by atoms with Crippen molar-refractivity contribution < 1.29 is 9.13 Å². The summed E-state index contributed by atoms with van der Waals surface area (Å²) in [6.45, 7) is 4.41. The first-order chi connectivity index (χ1) is 7.50. The SMILES string of the molecule is CC(C)COc1c(F)cccc1NC(N)=S. The van der Waals surface area contributed by atoms with Gasteiger partial charge in [0.05, 0.1) is 12.3 Å². The lowest BCUT2D eigenvalue weighted by molar-refractivity contribution is 0.261. The number of anilines is 1.